The van der Waals surface area contributed by atoms with Gasteiger partial charge >= 0.3 is 0 Å². The van der Waals surface area contributed by atoms with Gasteiger partial charge in [0.25, 0.3) is 0 Å². The highest BCUT2D eigenvalue weighted by Crippen LogP contribution is 2.09. The van der Waals surface area contributed by atoms with Crippen LogP contribution in [0.3, 0.4) is 0 Å². The molecule has 0 saturated heterocycles. The van der Waals surface area contributed by atoms with E-state index in [-0.39, 0.29) is 12.0 Å². The zero-order valence-electron chi connectivity index (χ0n) is 8.61. The number of unbranched alkanes of at least 4 members (excludes halogenated alkanes) is 3. The number of allylic oxidation sites excluding steroid dienone is 1. The Kier molecular flexibility index (Phi) is 5.15. The zero-order valence-corrected chi connectivity index (χ0v) is 8.61. The zero-order chi connectivity index (χ0) is 10.2. The second kappa shape index (κ2) is 6.49. The van der Waals surface area contributed by atoms with E-state index in [2.05, 4.69) is 6.92 Å². The molecule has 3 heteroatoms. The van der Waals surface area contributed by atoms with Crippen LogP contribution in [0.2, 0.25) is 0 Å². The van der Waals surface area contributed by atoms with Crippen LogP contribution in [0.4, 0.5) is 0 Å². The lowest BCUT2D eigenvalue weighted by molar-refractivity contribution is -0.0779. The van der Waals surface area contributed by atoms with Crippen LogP contribution in [0.1, 0.15) is 32.6 Å². The third-order valence-electron chi connectivity index (χ3n) is 2.03. The maximum absolute atomic E-state index is 8.96. The second-order valence-corrected chi connectivity index (χ2v) is 3.34. The van der Waals surface area contributed by atoms with E-state index in [1.54, 1.807) is 12.2 Å². The highest BCUT2D eigenvalue weighted by Gasteiger charge is 2.08. The average molecular weight is 198 g/mol. The SMILES string of the molecule is CCCCCCOC1C=CC(O)=CO1. The molecule has 0 amide bonds. The monoisotopic (exact) mass is 198 g/mol. The van der Waals surface area contributed by atoms with E-state index in [4.69, 9.17) is 14.6 Å². The number of ether oxygens (including phenoxy) is 2. The first-order valence-corrected chi connectivity index (χ1v) is 5.17. The molecule has 1 rings (SSSR count). The molecule has 0 aromatic rings. The lowest BCUT2D eigenvalue weighted by atomic mass is 10.2. The Morgan fingerprint density at radius 1 is 1.43 bits per heavy atom. The first-order valence-electron chi connectivity index (χ1n) is 5.17. The van der Waals surface area contributed by atoms with Gasteiger partial charge in [-0.2, -0.15) is 0 Å². The molecule has 0 aromatic heterocycles. The average Bonchev–Trinajstić information content (AvgIpc) is 2.21. The summed E-state index contributed by atoms with van der Waals surface area (Å²) in [6.07, 6.45) is 9.02. The summed E-state index contributed by atoms with van der Waals surface area (Å²) in [4.78, 5) is 0. The molecule has 0 aliphatic carbocycles. The van der Waals surface area contributed by atoms with Crippen LogP contribution < -0.4 is 0 Å². The standard InChI is InChI=1S/C11H18O3/c1-2-3-4-5-8-13-11-7-6-10(12)9-14-11/h6-7,9,11-12H,2-5,8H2,1H3. The highest BCUT2D eigenvalue weighted by molar-refractivity contribution is 5.12. The summed E-state index contributed by atoms with van der Waals surface area (Å²) >= 11 is 0. The molecule has 14 heavy (non-hydrogen) atoms. The molecule has 0 fully saturated rings. The van der Waals surface area contributed by atoms with Gasteiger partial charge in [0, 0.05) is 0 Å². The van der Waals surface area contributed by atoms with Gasteiger partial charge in [-0.25, -0.2) is 0 Å². The van der Waals surface area contributed by atoms with Crippen LogP contribution in [0.15, 0.2) is 24.2 Å². The number of hydrogen-bond donors (Lipinski definition) is 1. The largest absolute Gasteiger partial charge is 0.505 e. The number of aliphatic hydroxyl groups is 1. The van der Waals surface area contributed by atoms with Gasteiger partial charge in [-0.3, -0.25) is 0 Å². The smallest absolute Gasteiger partial charge is 0.219 e. The molecule has 0 radical (unpaired) electrons. The minimum Gasteiger partial charge on any atom is -0.505 e. The van der Waals surface area contributed by atoms with Gasteiger partial charge in [-0.05, 0) is 18.6 Å². The Morgan fingerprint density at radius 2 is 2.29 bits per heavy atom. The van der Waals surface area contributed by atoms with Crippen molar-refractivity contribution in [2.24, 2.45) is 0 Å². The predicted octanol–water partition coefficient (Wildman–Crippen LogP) is 2.90. The van der Waals surface area contributed by atoms with Crippen LogP contribution in [0.5, 0.6) is 0 Å². The summed E-state index contributed by atoms with van der Waals surface area (Å²) in [6.45, 7) is 2.89. The van der Waals surface area contributed by atoms with Gasteiger partial charge in [0.15, 0.2) is 0 Å². The van der Waals surface area contributed by atoms with Crippen molar-refractivity contribution in [1.29, 1.82) is 0 Å². The Balaban J connectivity index is 2.01. The van der Waals surface area contributed by atoms with Crippen molar-refractivity contribution in [2.45, 2.75) is 38.9 Å². The molecule has 0 saturated carbocycles. The van der Waals surface area contributed by atoms with E-state index < -0.39 is 0 Å². The van der Waals surface area contributed by atoms with E-state index in [1.165, 1.54) is 25.5 Å². The van der Waals surface area contributed by atoms with Crippen LogP contribution >= 0.6 is 0 Å². The van der Waals surface area contributed by atoms with Crippen molar-refractivity contribution >= 4 is 0 Å². The summed E-state index contributed by atoms with van der Waals surface area (Å²) in [7, 11) is 0. The Bertz CT molecular complexity index is 209. The Hall–Kier alpha value is -0.960. The van der Waals surface area contributed by atoms with E-state index in [0.29, 0.717) is 6.61 Å². The third kappa shape index (κ3) is 4.33. The fourth-order valence-electron chi connectivity index (χ4n) is 1.22. The Morgan fingerprint density at radius 3 is 2.93 bits per heavy atom. The Labute approximate surface area is 85.0 Å². The van der Waals surface area contributed by atoms with E-state index in [9.17, 15) is 0 Å². The van der Waals surface area contributed by atoms with Gasteiger partial charge in [0.05, 0.1) is 6.61 Å². The normalized spacial score (nSPS) is 20.4. The van der Waals surface area contributed by atoms with Crippen molar-refractivity contribution in [1.82, 2.24) is 0 Å². The first-order chi connectivity index (χ1) is 6.83. The molecular formula is C11H18O3. The fraction of sp³-hybridized carbons (Fsp3) is 0.636. The molecule has 1 N–H and O–H groups in total. The van der Waals surface area contributed by atoms with Gasteiger partial charge < -0.3 is 14.6 Å². The third-order valence-corrected chi connectivity index (χ3v) is 2.03. The molecule has 0 aromatic carbocycles. The van der Waals surface area contributed by atoms with Gasteiger partial charge in [0.2, 0.25) is 6.29 Å². The van der Waals surface area contributed by atoms with Crippen LogP contribution in [-0.2, 0) is 9.47 Å². The fourth-order valence-corrected chi connectivity index (χ4v) is 1.22. The van der Waals surface area contributed by atoms with E-state index in [1.807, 2.05) is 0 Å². The van der Waals surface area contributed by atoms with Crippen molar-refractivity contribution in [3.63, 3.8) is 0 Å². The summed E-state index contributed by atoms with van der Waals surface area (Å²) < 4.78 is 10.5. The number of rotatable bonds is 6. The van der Waals surface area contributed by atoms with Crippen molar-refractivity contribution < 1.29 is 14.6 Å². The molecule has 1 unspecified atom stereocenters. The molecule has 1 heterocycles. The number of hydrogen-bond acceptors (Lipinski definition) is 3. The minimum absolute atomic E-state index is 0.135. The molecule has 3 nitrogen and oxygen atoms in total. The van der Waals surface area contributed by atoms with Crippen LogP contribution in [0, 0.1) is 0 Å². The minimum atomic E-state index is -0.326. The molecule has 1 aliphatic heterocycles. The van der Waals surface area contributed by atoms with Crippen LogP contribution in [0.25, 0.3) is 0 Å². The maximum Gasteiger partial charge on any atom is 0.219 e. The van der Waals surface area contributed by atoms with Gasteiger partial charge in [-0.1, -0.05) is 26.2 Å². The predicted molar refractivity (Wildman–Crippen MR) is 54.8 cm³/mol. The molecule has 0 bridgehead atoms. The maximum atomic E-state index is 8.96. The first kappa shape index (κ1) is 11.1. The summed E-state index contributed by atoms with van der Waals surface area (Å²) in [5.41, 5.74) is 0. The lowest BCUT2D eigenvalue weighted by Crippen LogP contribution is -2.15. The molecule has 1 atom stereocenters. The van der Waals surface area contributed by atoms with Crippen molar-refractivity contribution in [3.05, 3.63) is 24.2 Å². The van der Waals surface area contributed by atoms with E-state index in [0.717, 1.165) is 6.42 Å². The molecule has 80 valence electrons. The highest BCUT2D eigenvalue weighted by atomic mass is 16.7. The lowest BCUT2D eigenvalue weighted by Gasteiger charge is -2.16. The summed E-state index contributed by atoms with van der Waals surface area (Å²) in [5, 5.41) is 8.96. The second-order valence-electron chi connectivity index (χ2n) is 3.34. The van der Waals surface area contributed by atoms with Crippen molar-refractivity contribution in [3.8, 4) is 0 Å². The van der Waals surface area contributed by atoms with Crippen molar-refractivity contribution in [2.75, 3.05) is 6.61 Å². The molecule has 1 aliphatic rings. The summed E-state index contributed by atoms with van der Waals surface area (Å²) in [6, 6.07) is 0. The molecule has 0 spiro atoms. The van der Waals surface area contributed by atoms with Crippen LogP contribution in [-0.4, -0.2) is 18.0 Å². The topological polar surface area (TPSA) is 38.7 Å². The van der Waals surface area contributed by atoms with Gasteiger partial charge in [0.1, 0.15) is 12.0 Å². The van der Waals surface area contributed by atoms with Gasteiger partial charge in [-0.15, -0.1) is 0 Å². The van der Waals surface area contributed by atoms with E-state index >= 15 is 0 Å². The summed E-state index contributed by atoms with van der Waals surface area (Å²) in [5.74, 6) is 0.135. The quantitative estimate of drug-likeness (QED) is 0.667. The number of aliphatic hydroxyl groups excluding tert-OH is 1. The molecular weight excluding hydrogens is 180 g/mol.